The molecule has 7 heteroatoms. The summed E-state index contributed by atoms with van der Waals surface area (Å²) >= 11 is 0. The van der Waals surface area contributed by atoms with Crippen LogP contribution in [0.15, 0.2) is 47.4 Å². The number of benzene rings is 2. The molecule has 0 heterocycles. The van der Waals surface area contributed by atoms with Gasteiger partial charge in [-0.1, -0.05) is 94.7 Å². The third kappa shape index (κ3) is 10.8. The molecule has 2 aromatic rings. The van der Waals surface area contributed by atoms with E-state index in [9.17, 15) is 18.1 Å². The first-order chi connectivity index (χ1) is 14.4. The summed E-state index contributed by atoms with van der Waals surface area (Å²) in [6, 6.07) is 11.2. The van der Waals surface area contributed by atoms with E-state index in [1.54, 1.807) is 6.07 Å². The molecule has 1 N–H and O–H groups in total. The number of unbranched alkanes of at least 4 members (excludes halogenated alkanes) is 9. The second kappa shape index (κ2) is 15.4. The first-order valence-corrected chi connectivity index (χ1v) is 12.4. The van der Waals surface area contributed by atoms with Gasteiger partial charge in [-0.2, -0.15) is 8.42 Å². The molecule has 0 fully saturated rings. The summed E-state index contributed by atoms with van der Waals surface area (Å²) in [6.07, 6.45) is 13.8. The summed E-state index contributed by atoms with van der Waals surface area (Å²) in [7, 11) is -4.66. The van der Waals surface area contributed by atoms with Crippen molar-refractivity contribution in [2.75, 3.05) is 0 Å². The molecule has 5 nitrogen and oxygen atoms in total. The molecule has 0 bridgehead atoms. The topological polar surface area (TPSA) is 86.7 Å². The zero-order valence-electron chi connectivity index (χ0n) is 18.8. The van der Waals surface area contributed by atoms with E-state index in [4.69, 9.17) is 4.74 Å². The fourth-order valence-electron chi connectivity index (χ4n) is 3.54. The minimum atomic E-state index is -4.66. The maximum atomic E-state index is 11.8. The van der Waals surface area contributed by atoms with Crippen molar-refractivity contribution >= 4 is 10.1 Å². The normalized spacial score (nSPS) is 11.2. The van der Waals surface area contributed by atoms with Crippen molar-refractivity contribution in [1.29, 1.82) is 0 Å². The Bertz CT molecular complexity index is 883. The fraction of sp³-hybridized carbons (Fsp3) is 0.500. The van der Waals surface area contributed by atoms with Gasteiger partial charge in [0.2, 0.25) is 0 Å². The minimum Gasteiger partial charge on any atom is -0.871 e. The standard InChI is InChI=1S/C24H34O5S.K/c1-2-3-4-5-6-7-8-9-10-11-14-20-15-12-16-21(19-20)29-23-18-13-17-22(25)24(23)30(26,27)28;/h12-13,15-19,25H,2-11,14H2,1H3,(H,26,27,28);/q;+1/p-1. The monoisotopic (exact) mass is 472 g/mol. The third-order valence-electron chi connectivity index (χ3n) is 5.15. The zero-order chi connectivity index (χ0) is 21.8. The van der Waals surface area contributed by atoms with Gasteiger partial charge in [0.25, 0.3) is 10.1 Å². The van der Waals surface area contributed by atoms with Crippen LogP contribution in [0.1, 0.15) is 76.7 Å². The van der Waals surface area contributed by atoms with Crippen molar-refractivity contribution in [2.24, 2.45) is 0 Å². The second-order valence-electron chi connectivity index (χ2n) is 7.74. The van der Waals surface area contributed by atoms with Crippen molar-refractivity contribution in [2.45, 2.75) is 82.4 Å². The van der Waals surface area contributed by atoms with Crippen LogP contribution >= 0.6 is 0 Å². The summed E-state index contributed by atoms with van der Waals surface area (Å²) in [4.78, 5) is -0.731. The number of aryl methyl sites for hydroxylation is 1. The average Bonchev–Trinajstić information content (AvgIpc) is 2.69. The smallest absolute Gasteiger partial charge is 0.871 e. The van der Waals surface area contributed by atoms with E-state index in [-0.39, 0.29) is 57.1 Å². The summed E-state index contributed by atoms with van der Waals surface area (Å²) in [5.74, 6) is -0.521. The van der Waals surface area contributed by atoms with Crippen LogP contribution in [0.25, 0.3) is 0 Å². The van der Waals surface area contributed by atoms with Crippen molar-refractivity contribution < 1.29 is 74.2 Å². The Labute approximate surface area is 229 Å². The van der Waals surface area contributed by atoms with Crippen molar-refractivity contribution in [1.82, 2.24) is 0 Å². The van der Waals surface area contributed by atoms with Gasteiger partial charge in [0.15, 0.2) is 0 Å². The van der Waals surface area contributed by atoms with Gasteiger partial charge < -0.3 is 9.84 Å². The number of hydrogen-bond acceptors (Lipinski definition) is 4. The van der Waals surface area contributed by atoms with E-state index in [0.717, 1.165) is 24.5 Å². The molecule has 0 aromatic heterocycles. The minimum absolute atomic E-state index is 0. The van der Waals surface area contributed by atoms with Crippen LogP contribution in [0.2, 0.25) is 0 Å². The molecule has 31 heavy (non-hydrogen) atoms. The molecule has 2 rings (SSSR count). The molecule has 0 amide bonds. The molecule has 0 saturated heterocycles. The predicted octanol–water partition coefficient (Wildman–Crippen LogP) is 3.27. The Balaban J connectivity index is 0.00000480. The van der Waals surface area contributed by atoms with Crippen LogP contribution < -0.4 is 61.2 Å². The van der Waals surface area contributed by atoms with E-state index < -0.39 is 20.8 Å². The first kappa shape index (κ1) is 28.6. The molecule has 0 saturated carbocycles. The van der Waals surface area contributed by atoms with Gasteiger partial charge in [0.05, 0.1) is 0 Å². The molecule has 0 unspecified atom stereocenters. The van der Waals surface area contributed by atoms with Gasteiger partial charge in [0.1, 0.15) is 16.4 Å². The van der Waals surface area contributed by atoms with E-state index in [2.05, 4.69) is 6.92 Å². The maximum absolute atomic E-state index is 11.8. The number of ether oxygens (including phenoxy) is 1. The molecule has 166 valence electrons. The van der Waals surface area contributed by atoms with Gasteiger partial charge in [-0.05, 0) is 36.6 Å². The van der Waals surface area contributed by atoms with Gasteiger partial charge in [-0.3, -0.25) is 4.55 Å². The van der Waals surface area contributed by atoms with Gasteiger partial charge in [-0.25, -0.2) is 0 Å². The summed E-state index contributed by atoms with van der Waals surface area (Å²) in [5.41, 5.74) is 1.10. The summed E-state index contributed by atoms with van der Waals surface area (Å²) in [6.45, 7) is 2.24. The van der Waals surface area contributed by atoms with Crippen LogP contribution in [0.3, 0.4) is 0 Å². The Hall–Kier alpha value is -0.414. The Morgan fingerprint density at radius 3 is 2.06 bits per heavy atom. The van der Waals surface area contributed by atoms with Crippen LogP contribution in [0.4, 0.5) is 0 Å². The first-order valence-electron chi connectivity index (χ1n) is 11.0. The third-order valence-corrected chi connectivity index (χ3v) is 6.06. The molecule has 0 aliphatic carbocycles. The molecule has 0 radical (unpaired) electrons. The molecule has 0 atom stereocenters. The Morgan fingerprint density at radius 1 is 0.871 bits per heavy atom. The zero-order valence-corrected chi connectivity index (χ0v) is 22.7. The summed E-state index contributed by atoms with van der Waals surface area (Å²) in [5, 5.41) is 11.8. The van der Waals surface area contributed by atoms with E-state index in [1.165, 1.54) is 69.9 Å². The largest absolute Gasteiger partial charge is 1.00 e. The molecular formula is C24H33KO5S. The second-order valence-corrected chi connectivity index (χ2v) is 9.10. The van der Waals surface area contributed by atoms with Crippen LogP contribution in [0.5, 0.6) is 17.2 Å². The van der Waals surface area contributed by atoms with Crippen LogP contribution in [-0.4, -0.2) is 13.0 Å². The molecule has 2 aromatic carbocycles. The maximum Gasteiger partial charge on any atom is 1.00 e. The summed E-state index contributed by atoms with van der Waals surface area (Å²) < 4.78 is 38.0. The van der Waals surface area contributed by atoms with E-state index >= 15 is 0 Å². The molecule has 0 aliphatic rings. The average molecular weight is 473 g/mol. The van der Waals surface area contributed by atoms with E-state index in [0.29, 0.717) is 5.75 Å². The predicted molar refractivity (Wildman–Crippen MR) is 118 cm³/mol. The molecule has 0 spiro atoms. The van der Waals surface area contributed by atoms with Gasteiger partial charge >= 0.3 is 51.4 Å². The van der Waals surface area contributed by atoms with Crippen LogP contribution in [-0.2, 0) is 16.5 Å². The van der Waals surface area contributed by atoms with Crippen molar-refractivity contribution in [3.63, 3.8) is 0 Å². The van der Waals surface area contributed by atoms with Crippen molar-refractivity contribution in [3.8, 4) is 17.2 Å². The van der Waals surface area contributed by atoms with Gasteiger partial charge in [0, 0.05) is 0 Å². The SMILES string of the molecule is CCCCCCCCCCCCc1cccc(Oc2cccc([O-])c2S(=O)(=O)O)c1.[K+]. The fourth-order valence-corrected chi connectivity index (χ4v) is 4.22. The Morgan fingerprint density at radius 2 is 1.45 bits per heavy atom. The van der Waals surface area contributed by atoms with Crippen LogP contribution in [0, 0.1) is 0 Å². The molecular weight excluding hydrogens is 439 g/mol. The van der Waals surface area contributed by atoms with Crippen molar-refractivity contribution in [3.05, 3.63) is 48.0 Å². The molecule has 0 aliphatic heterocycles. The number of rotatable bonds is 14. The van der Waals surface area contributed by atoms with E-state index in [1.807, 2.05) is 18.2 Å². The van der Waals surface area contributed by atoms with Gasteiger partial charge in [-0.15, -0.1) is 0 Å². The number of hydrogen-bond donors (Lipinski definition) is 1. The Kier molecular flexibility index (Phi) is 14.2. The quantitative estimate of drug-likeness (QED) is 0.259.